The van der Waals surface area contributed by atoms with Crippen LogP contribution in [-0.4, -0.2) is 45.7 Å². The van der Waals surface area contributed by atoms with E-state index in [4.69, 9.17) is 11.6 Å². The van der Waals surface area contributed by atoms with Crippen LogP contribution in [0.1, 0.15) is 63.0 Å². The summed E-state index contributed by atoms with van der Waals surface area (Å²) in [5.41, 5.74) is 4.50. The molecule has 5 nitrogen and oxygen atoms in total. The first-order valence-corrected chi connectivity index (χ1v) is 15.4. The smallest absolute Gasteiger partial charge is 0.251 e. The van der Waals surface area contributed by atoms with Crippen molar-refractivity contribution in [2.75, 3.05) is 7.05 Å². The summed E-state index contributed by atoms with van der Waals surface area (Å²) in [7, 11) is 1.96. The number of nitrogens with zero attached hydrogens (tertiary/aromatic N) is 3. The Kier molecular flexibility index (Phi) is 9.51. The number of rotatable bonds is 8. The summed E-state index contributed by atoms with van der Waals surface area (Å²) in [6.07, 6.45) is 10.2. The summed E-state index contributed by atoms with van der Waals surface area (Å²) in [6.45, 7) is 2.29. The van der Waals surface area contributed by atoms with Crippen molar-refractivity contribution in [3.8, 4) is 11.1 Å². The number of hydrogen-bond acceptors (Lipinski definition) is 4. The molecule has 2 saturated carbocycles. The molecule has 3 aromatic rings. The van der Waals surface area contributed by atoms with Gasteiger partial charge in [0.05, 0.1) is 5.03 Å². The fourth-order valence-corrected chi connectivity index (χ4v) is 6.59. The minimum Gasteiger partial charge on any atom is -0.343 e. The highest BCUT2D eigenvalue weighted by atomic mass is 35.5. The lowest BCUT2D eigenvalue weighted by atomic mass is 9.83. The molecule has 0 atom stereocenters. The van der Waals surface area contributed by atoms with Crippen LogP contribution in [0.2, 0.25) is 0 Å². The van der Waals surface area contributed by atoms with Crippen molar-refractivity contribution in [3.05, 3.63) is 89.8 Å². The molecule has 0 spiro atoms. The normalized spacial score (nSPS) is 19.6. The Morgan fingerprint density at radius 3 is 2.24 bits per heavy atom. The molecular weight excluding hydrogens is 550 g/mol. The van der Waals surface area contributed by atoms with Crippen molar-refractivity contribution in [2.24, 2.45) is 5.92 Å². The summed E-state index contributed by atoms with van der Waals surface area (Å²) < 4.78 is 0. The van der Waals surface area contributed by atoms with E-state index in [-0.39, 0.29) is 29.8 Å². The molecule has 2 amide bonds. The summed E-state index contributed by atoms with van der Waals surface area (Å²) in [5.74, 6) is 0.424. The Bertz CT molecular complexity index is 1410. The van der Waals surface area contributed by atoms with Crippen LogP contribution in [0, 0.1) is 5.92 Å². The van der Waals surface area contributed by atoms with Crippen LogP contribution < -0.4 is 0 Å². The SMILES string of the molecule is C/C(C(=O)N(Cc1cccc(-c2ccncc2)c1)C1CCC(N(C)C(=O)C2CCC2)CC1)=C(/Cl)c1ccccc1S. The number of carbonyl (C=O) groups is 2. The van der Waals surface area contributed by atoms with E-state index in [1.807, 2.05) is 66.2 Å². The predicted molar refractivity (Wildman–Crippen MR) is 169 cm³/mol. The van der Waals surface area contributed by atoms with Crippen LogP contribution in [0.4, 0.5) is 0 Å². The molecule has 2 fully saturated rings. The van der Waals surface area contributed by atoms with Gasteiger partial charge in [0.15, 0.2) is 0 Å². The first kappa shape index (κ1) is 29.4. The van der Waals surface area contributed by atoms with Gasteiger partial charge in [-0.25, -0.2) is 0 Å². The monoisotopic (exact) mass is 587 g/mol. The molecule has 214 valence electrons. The lowest BCUT2D eigenvalue weighted by Crippen LogP contribution is -2.48. The maximum atomic E-state index is 14.2. The number of halogens is 1. The third-order valence-corrected chi connectivity index (χ3v) is 9.68. The van der Waals surface area contributed by atoms with Gasteiger partial charge < -0.3 is 9.80 Å². The number of amides is 2. The van der Waals surface area contributed by atoms with Crippen LogP contribution in [0.5, 0.6) is 0 Å². The Labute approximate surface area is 254 Å². The van der Waals surface area contributed by atoms with E-state index in [0.717, 1.165) is 72.1 Å². The Morgan fingerprint density at radius 1 is 0.902 bits per heavy atom. The molecule has 5 rings (SSSR count). The molecule has 1 heterocycles. The highest BCUT2D eigenvalue weighted by Gasteiger charge is 2.35. The first-order chi connectivity index (χ1) is 19.8. The van der Waals surface area contributed by atoms with E-state index >= 15 is 0 Å². The molecule has 0 unspecified atom stereocenters. The molecule has 2 aromatic carbocycles. The molecule has 2 aliphatic carbocycles. The standard InChI is InChI=1S/C34H38ClN3O2S/c1-23(32(35)30-11-3-4-12-31(30)41)33(39)38(22-24-7-5-10-27(21-24)25-17-19-36-20-18-25)29-15-13-28(14-16-29)37(2)34(40)26-8-6-9-26/h3-5,7,10-12,17-21,26,28-29,41H,6,8-9,13-16,22H2,1-2H3/b32-23-. The van der Waals surface area contributed by atoms with E-state index in [1.54, 1.807) is 12.4 Å². The van der Waals surface area contributed by atoms with Gasteiger partial charge >= 0.3 is 0 Å². The highest BCUT2D eigenvalue weighted by molar-refractivity contribution is 7.80. The number of carbonyl (C=O) groups excluding carboxylic acids is 2. The lowest BCUT2D eigenvalue weighted by molar-refractivity contribution is -0.140. The highest BCUT2D eigenvalue weighted by Crippen LogP contribution is 2.34. The third-order valence-electron chi connectivity index (χ3n) is 8.80. The molecule has 7 heteroatoms. The molecular formula is C34H38ClN3O2S. The second-order valence-electron chi connectivity index (χ2n) is 11.4. The fraction of sp³-hybridized carbons (Fsp3) is 0.382. The second-order valence-corrected chi connectivity index (χ2v) is 12.2. The minimum atomic E-state index is -0.0664. The summed E-state index contributed by atoms with van der Waals surface area (Å²) >= 11 is 11.4. The second kappa shape index (κ2) is 13.3. The largest absolute Gasteiger partial charge is 0.343 e. The topological polar surface area (TPSA) is 53.5 Å². The molecule has 2 aliphatic rings. The zero-order valence-corrected chi connectivity index (χ0v) is 25.5. The van der Waals surface area contributed by atoms with E-state index < -0.39 is 0 Å². The third kappa shape index (κ3) is 6.70. The van der Waals surface area contributed by atoms with Gasteiger partial charge in [-0.15, -0.1) is 12.6 Å². The van der Waals surface area contributed by atoms with E-state index in [2.05, 4.69) is 35.8 Å². The average Bonchev–Trinajstić information content (AvgIpc) is 2.98. The van der Waals surface area contributed by atoms with Gasteiger partial charge in [-0.2, -0.15) is 0 Å². The van der Waals surface area contributed by atoms with Gasteiger partial charge in [-0.3, -0.25) is 14.6 Å². The number of hydrogen-bond donors (Lipinski definition) is 1. The quantitative estimate of drug-likeness (QED) is 0.218. The maximum Gasteiger partial charge on any atom is 0.251 e. The number of thiol groups is 1. The van der Waals surface area contributed by atoms with Gasteiger partial charge in [0.25, 0.3) is 5.91 Å². The number of aromatic nitrogens is 1. The van der Waals surface area contributed by atoms with Crippen LogP contribution in [0.3, 0.4) is 0 Å². The van der Waals surface area contributed by atoms with Crippen molar-refractivity contribution < 1.29 is 9.59 Å². The Morgan fingerprint density at radius 2 is 1.59 bits per heavy atom. The van der Waals surface area contributed by atoms with Crippen molar-refractivity contribution >= 4 is 41.1 Å². The van der Waals surface area contributed by atoms with E-state index in [9.17, 15) is 9.59 Å². The van der Waals surface area contributed by atoms with Crippen molar-refractivity contribution in [1.29, 1.82) is 0 Å². The zero-order chi connectivity index (χ0) is 28.9. The van der Waals surface area contributed by atoms with Gasteiger partial charge in [-0.05, 0) is 86.4 Å². The van der Waals surface area contributed by atoms with Crippen molar-refractivity contribution in [1.82, 2.24) is 14.8 Å². The van der Waals surface area contributed by atoms with Crippen molar-refractivity contribution in [3.63, 3.8) is 0 Å². The fourth-order valence-electron chi connectivity index (χ4n) is 6.01. The predicted octanol–water partition coefficient (Wildman–Crippen LogP) is 7.61. The van der Waals surface area contributed by atoms with E-state index in [0.29, 0.717) is 17.2 Å². The molecule has 0 radical (unpaired) electrons. The van der Waals surface area contributed by atoms with Crippen LogP contribution >= 0.6 is 24.2 Å². The maximum absolute atomic E-state index is 14.2. The van der Waals surface area contributed by atoms with Crippen molar-refractivity contribution in [2.45, 2.75) is 75.4 Å². The Balaban J connectivity index is 1.39. The minimum absolute atomic E-state index is 0.0567. The van der Waals surface area contributed by atoms with Gasteiger partial charge in [0.2, 0.25) is 5.91 Å². The van der Waals surface area contributed by atoms with Crippen LogP contribution in [-0.2, 0) is 16.1 Å². The van der Waals surface area contributed by atoms with E-state index in [1.165, 1.54) is 0 Å². The first-order valence-electron chi connectivity index (χ1n) is 14.5. The molecule has 0 saturated heterocycles. The van der Waals surface area contributed by atoms with Gasteiger partial charge in [0, 0.05) is 60.0 Å². The van der Waals surface area contributed by atoms with Gasteiger partial charge in [-0.1, -0.05) is 54.4 Å². The zero-order valence-electron chi connectivity index (χ0n) is 23.8. The van der Waals surface area contributed by atoms with Crippen LogP contribution in [0.15, 0.2) is 83.5 Å². The summed E-state index contributed by atoms with van der Waals surface area (Å²) in [4.78, 5) is 35.9. The Hall–Kier alpha value is -3.09. The summed E-state index contributed by atoms with van der Waals surface area (Å²) in [5, 5.41) is 0.427. The van der Waals surface area contributed by atoms with Crippen LogP contribution in [0.25, 0.3) is 16.2 Å². The average molecular weight is 588 g/mol. The molecule has 0 aliphatic heterocycles. The molecule has 0 bridgehead atoms. The molecule has 0 N–H and O–H groups in total. The summed E-state index contributed by atoms with van der Waals surface area (Å²) in [6, 6.07) is 20.2. The lowest BCUT2D eigenvalue weighted by Gasteiger charge is -2.41. The number of benzene rings is 2. The molecule has 41 heavy (non-hydrogen) atoms. The molecule has 1 aromatic heterocycles. The number of pyridine rings is 1. The van der Waals surface area contributed by atoms with Gasteiger partial charge in [0.1, 0.15) is 0 Å².